The van der Waals surface area contributed by atoms with Crippen LogP contribution in [-0.4, -0.2) is 0 Å². The molecule has 0 fully saturated rings. The van der Waals surface area contributed by atoms with Gasteiger partial charge in [-0.15, -0.1) is 0 Å². The Balaban J connectivity index is 3.15. The number of hydrogen-bond acceptors (Lipinski definition) is 1. The van der Waals surface area contributed by atoms with Crippen LogP contribution in [0.15, 0.2) is 23.3 Å². The number of halogens is 2. The van der Waals surface area contributed by atoms with Crippen molar-refractivity contribution in [2.45, 2.75) is 25.8 Å². The summed E-state index contributed by atoms with van der Waals surface area (Å²) in [5.74, 6) is -0.423. The summed E-state index contributed by atoms with van der Waals surface area (Å²) in [6.45, 7) is 1.94. The van der Waals surface area contributed by atoms with E-state index in [9.17, 15) is 4.39 Å². The maximum absolute atomic E-state index is 13.5. The van der Waals surface area contributed by atoms with E-state index in [1.54, 1.807) is 6.07 Å². The van der Waals surface area contributed by atoms with Crippen LogP contribution in [0.1, 0.15) is 31.4 Å². The number of nitrogens with zero attached hydrogens (tertiary/aromatic N) is 3. The van der Waals surface area contributed by atoms with Crippen molar-refractivity contribution in [2.75, 3.05) is 0 Å². The molecular weight excluding hydrogens is 217 g/mol. The molecule has 0 aliphatic heterocycles. The molecule has 0 radical (unpaired) electrons. The van der Waals surface area contributed by atoms with Crippen molar-refractivity contribution in [3.05, 3.63) is 45.0 Å². The highest BCUT2D eigenvalue weighted by atomic mass is 35.5. The van der Waals surface area contributed by atoms with Gasteiger partial charge in [0, 0.05) is 15.5 Å². The lowest BCUT2D eigenvalue weighted by Crippen LogP contribution is -1.99. The van der Waals surface area contributed by atoms with Gasteiger partial charge in [-0.25, -0.2) is 4.39 Å². The molecule has 0 aliphatic carbocycles. The van der Waals surface area contributed by atoms with Crippen molar-refractivity contribution in [3.8, 4) is 0 Å². The van der Waals surface area contributed by atoms with E-state index in [0.717, 1.165) is 6.42 Å². The normalized spacial score (nSPS) is 11.9. The average Bonchev–Trinajstić information content (AvgIpc) is 2.18. The fourth-order valence-corrected chi connectivity index (χ4v) is 1.71. The number of hydrogen-bond donors (Lipinski definition) is 0. The maximum atomic E-state index is 13.5. The van der Waals surface area contributed by atoms with Gasteiger partial charge in [0.05, 0.1) is 6.04 Å². The summed E-state index contributed by atoms with van der Waals surface area (Å²) in [6.07, 6.45) is 1.39. The monoisotopic (exact) mass is 227 g/mol. The molecule has 0 aromatic heterocycles. The second-order valence-corrected chi connectivity index (χ2v) is 3.55. The molecule has 80 valence electrons. The van der Waals surface area contributed by atoms with Crippen molar-refractivity contribution in [3.63, 3.8) is 0 Å². The molecule has 1 unspecified atom stereocenters. The molecule has 1 rings (SSSR count). The van der Waals surface area contributed by atoms with E-state index in [1.807, 2.05) is 6.92 Å². The smallest absolute Gasteiger partial charge is 0.128 e. The lowest BCUT2D eigenvalue weighted by atomic mass is 10.0. The van der Waals surface area contributed by atoms with E-state index >= 15 is 0 Å². The predicted molar refractivity (Wildman–Crippen MR) is 58.2 cm³/mol. The summed E-state index contributed by atoms with van der Waals surface area (Å²) in [7, 11) is 0. The van der Waals surface area contributed by atoms with Crippen LogP contribution in [0.2, 0.25) is 5.02 Å². The Labute approximate surface area is 92.5 Å². The van der Waals surface area contributed by atoms with E-state index in [4.69, 9.17) is 17.1 Å². The first kappa shape index (κ1) is 11.8. The van der Waals surface area contributed by atoms with Gasteiger partial charge in [-0.2, -0.15) is 0 Å². The zero-order chi connectivity index (χ0) is 11.3. The van der Waals surface area contributed by atoms with E-state index in [1.165, 1.54) is 12.1 Å². The molecule has 0 amide bonds. The highest BCUT2D eigenvalue weighted by Crippen LogP contribution is 2.31. The molecule has 0 saturated heterocycles. The van der Waals surface area contributed by atoms with Gasteiger partial charge < -0.3 is 0 Å². The third-order valence-corrected chi connectivity index (χ3v) is 2.42. The zero-order valence-electron chi connectivity index (χ0n) is 8.32. The second-order valence-electron chi connectivity index (χ2n) is 3.14. The Hall–Kier alpha value is -1.25. The fraction of sp³-hybridized carbons (Fsp3) is 0.400. The summed E-state index contributed by atoms with van der Waals surface area (Å²) < 4.78 is 13.5. The molecule has 1 aromatic rings. The molecule has 1 atom stereocenters. The minimum absolute atomic E-state index is 0.291. The minimum atomic E-state index is -0.520. The summed E-state index contributed by atoms with van der Waals surface area (Å²) in [4.78, 5) is 2.71. The molecule has 0 N–H and O–H groups in total. The van der Waals surface area contributed by atoms with Gasteiger partial charge in [0.1, 0.15) is 5.82 Å². The molecule has 0 aliphatic rings. The van der Waals surface area contributed by atoms with Gasteiger partial charge >= 0.3 is 0 Å². The summed E-state index contributed by atoms with van der Waals surface area (Å²) >= 11 is 5.87. The highest BCUT2D eigenvalue weighted by Gasteiger charge is 2.16. The minimum Gasteiger partial charge on any atom is -0.207 e. The summed E-state index contributed by atoms with van der Waals surface area (Å²) in [5.41, 5.74) is 8.69. The largest absolute Gasteiger partial charge is 0.207 e. The van der Waals surface area contributed by atoms with E-state index in [-0.39, 0.29) is 0 Å². The van der Waals surface area contributed by atoms with Crippen molar-refractivity contribution in [1.29, 1.82) is 0 Å². The first-order chi connectivity index (χ1) is 7.20. The molecule has 0 heterocycles. The molecule has 1 aromatic carbocycles. The van der Waals surface area contributed by atoms with Gasteiger partial charge in [-0.1, -0.05) is 36.1 Å². The van der Waals surface area contributed by atoms with Crippen LogP contribution < -0.4 is 0 Å². The maximum Gasteiger partial charge on any atom is 0.128 e. The molecular formula is C10H11ClFN3. The van der Waals surface area contributed by atoms with Crippen LogP contribution in [0.5, 0.6) is 0 Å². The highest BCUT2D eigenvalue weighted by molar-refractivity contribution is 6.31. The summed E-state index contributed by atoms with van der Waals surface area (Å²) in [5, 5.41) is 3.87. The third-order valence-electron chi connectivity index (χ3n) is 2.09. The fourth-order valence-electron chi connectivity index (χ4n) is 1.42. The van der Waals surface area contributed by atoms with Crippen LogP contribution in [0.4, 0.5) is 4.39 Å². The van der Waals surface area contributed by atoms with Gasteiger partial charge in [0.15, 0.2) is 0 Å². The first-order valence-corrected chi connectivity index (χ1v) is 5.06. The van der Waals surface area contributed by atoms with E-state index < -0.39 is 11.9 Å². The Morgan fingerprint density at radius 1 is 1.60 bits per heavy atom. The molecule has 0 spiro atoms. The number of rotatable bonds is 4. The molecule has 5 heteroatoms. The first-order valence-electron chi connectivity index (χ1n) is 4.68. The number of benzene rings is 1. The van der Waals surface area contributed by atoms with E-state index in [2.05, 4.69) is 10.0 Å². The Morgan fingerprint density at radius 3 is 2.87 bits per heavy atom. The van der Waals surface area contributed by atoms with Crippen molar-refractivity contribution >= 4 is 11.6 Å². The molecule has 0 bridgehead atoms. The van der Waals surface area contributed by atoms with Gasteiger partial charge in [0.2, 0.25) is 0 Å². The van der Waals surface area contributed by atoms with Gasteiger partial charge in [0.25, 0.3) is 0 Å². The number of azide groups is 1. The average molecular weight is 228 g/mol. The predicted octanol–water partition coefficient (Wildman–Crippen LogP) is 4.63. The van der Waals surface area contributed by atoms with Gasteiger partial charge in [-0.05, 0) is 24.1 Å². The topological polar surface area (TPSA) is 48.8 Å². The second kappa shape index (κ2) is 5.59. The van der Waals surface area contributed by atoms with Crippen LogP contribution >= 0.6 is 11.6 Å². The molecule has 15 heavy (non-hydrogen) atoms. The zero-order valence-corrected chi connectivity index (χ0v) is 9.08. The van der Waals surface area contributed by atoms with Gasteiger partial charge in [-0.3, -0.25) is 0 Å². The SMILES string of the molecule is CCCC(N=[N+]=[N-])c1c(F)cccc1Cl. The van der Waals surface area contributed by atoms with Crippen LogP contribution in [0.25, 0.3) is 10.4 Å². The van der Waals surface area contributed by atoms with Crippen LogP contribution in [-0.2, 0) is 0 Å². The van der Waals surface area contributed by atoms with Crippen LogP contribution in [0.3, 0.4) is 0 Å². The van der Waals surface area contributed by atoms with Crippen molar-refractivity contribution < 1.29 is 4.39 Å². The summed E-state index contributed by atoms with van der Waals surface area (Å²) in [6, 6.07) is 3.92. The van der Waals surface area contributed by atoms with E-state index in [0.29, 0.717) is 17.0 Å². The molecule has 0 saturated carbocycles. The third kappa shape index (κ3) is 2.85. The Morgan fingerprint density at radius 2 is 2.33 bits per heavy atom. The van der Waals surface area contributed by atoms with Crippen molar-refractivity contribution in [2.24, 2.45) is 5.11 Å². The van der Waals surface area contributed by atoms with Crippen LogP contribution in [0, 0.1) is 5.82 Å². The standard InChI is InChI=1S/C10H11ClFN3/c1-2-4-9(14-15-13)10-7(11)5-3-6-8(10)12/h3,5-6,9H,2,4H2,1H3. The Bertz CT molecular complexity index is 368. The lowest BCUT2D eigenvalue weighted by molar-refractivity contribution is 0.558. The Kier molecular flexibility index (Phi) is 4.40. The molecule has 3 nitrogen and oxygen atoms in total. The quantitative estimate of drug-likeness (QED) is 0.409. The van der Waals surface area contributed by atoms with Crippen molar-refractivity contribution in [1.82, 2.24) is 0 Å². The lowest BCUT2D eigenvalue weighted by Gasteiger charge is -2.12.